The van der Waals surface area contributed by atoms with E-state index in [9.17, 15) is 8.78 Å². The van der Waals surface area contributed by atoms with Crippen molar-refractivity contribution in [1.82, 2.24) is 5.32 Å². The summed E-state index contributed by atoms with van der Waals surface area (Å²) in [6, 6.07) is 4.23. The highest BCUT2D eigenvalue weighted by Gasteiger charge is 2.20. The molecule has 1 N–H and O–H groups in total. The number of nitrogens with one attached hydrogen (secondary N) is 1. The smallest absolute Gasteiger partial charge is 0.130 e. The second-order valence-electron chi connectivity index (χ2n) is 6.03. The maximum Gasteiger partial charge on any atom is 0.130 e. The van der Waals surface area contributed by atoms with Gasteiger partial charge in [0.1, 0.15) is 11.6 Å². The molecule has 1 aliphatic rings. The average Bonchev–Trinajstić information content (AvgIpc) is 2.63. The Kier molecular flexibility index (Phi) is 5.53. The first-order valence-corrected chi connectivity index (χ1v) is 7.81. The van der Waals surface area contributed by atoms with Crippen LogP contribution in [-0.4, -0.2) is 6.04 Å². The van der Waals surface area contributed by atoms with E-state index in [1.165, 1.54) is 31.7 Å². The standard InChI is InChI=1S/C17H25F2N/c1-3-13-5-4-6-15(9-7-13)20-12(2)16-10-8-14(18)11-17(16)19/h8,10-13,15,20H,3-7,9H2,1-2H3. The normalized spacial score (nSPS) is 25.2. The molecule has 112 valence electrons. The molecular weight excluding hydrogens is 256 g/mol. The fourth-order valence-electron chi connectivity index (χ4n) is 3.25. The van der Waals surface area contributed by atoms with Gasteiger partial charge < -0.3 is 5.32 Å². The number of benzene rings is 1. The summed E-state index contributed by atoms with van der Waals surface area (Å²) in [6.45, 7) is 4.22. The van der Waals surface area contributed by atoms with Crippen LogP contribution in [0, 0.1) is 17.6 Å². The second kappa shape index (κ2) is 7.16. The molecule has 1 saturated carbocycles. The van der Waals surface area contributed by atoms with Crippen LogP contribution in [0.15, 0.2) is 18.2 Å². The molecule has 0 saturated heterocycles. The minimum absolute atomic E-state index is 0.0706. The van der Waals surface area contributed by atoms with E-state index in [1.54, 1.807) is 6.07 Å². The molecule has 1 aliphatic carbocycles. The van der Waals surface area contributed by atoms with E-state index in [4.69, 9.17) is 0 Å². The predicted molar refractivity (Wildman–Crippen MR) is 78.6 cm³/mol. The SMILES string of the molecule is CCC1CCCC(NC(C)c2ccc(F)cc2F)CC1. The zero-order chi connectivity index (χ0) is 14.5. The minimum atomic E-state index is -0.515. The quantitative estimate of drug-likeness (QED) is 0.768. The molecule has 3 atom stereocenters. The van der Waals surface area contributed by atoms with Gasteiger partial charge in [0.05, 0.1) is 0 Å². The summed E-state index contributed by atoms with van der Waals surface area (Å²) in [7, 11) is 0. The highest BCUT2D eigenvalue weighted by atomic mass is 19.1. The van der Waals surface area contributed by atoms with Crippen molar-refractivity contribution in [3.63, 3.8) is 0 Å². The van der Waals surface area contributed by atoms with Gasteiger partial charge in [-0.25, -0.2) is 8.78 Å². The van der Waals surface area contributed by atoms with Crippen molar-refractivity contribution in [1.29, 1.82) is 0 Å². The first-order chi connectivity index (χ1) is 9.60. The van der Waals surface area contributed by atoms with Gasteiger partial charge in [0.25, 0.3) is 0 Å². The van der Waals surface area contributed by atoms with Gasteiger partial charge in [0, 0.05) is 23.7 Å². The Morgan fingerprint density at radius 3 is 2.70 bits per heavy atom. The van der Waals surface area contributed by atoms with E-state index in [0.717, 1.165) is 24.8 Å². The zero-order valence-corrected chi connectivity index (χ0v) is 12.5. The van der Waals surface area contributed by atoms with Gasteiger partial charge in [-0.05, 0) is 38.2 Å². The number of halogens is 2. The Labute approximate surface area is 120 Å². The summed E-state index contributed by atoms with van der Waals surface area (Å²) in [4.78, 5) is 0. The van der Waals surface area contributed by atoms with Crippen molar-refractivity contribution in [3.8, 4) is 0 Å². The molecule has 1 aromatic rings. The largest absolute Gasteiger partial charge is 0.307 e. The summed E-state index contributed by atoms with van der Waals surface area (Å²) in [5.41, 5.74) is 0.558. The Hall–Kier alpha value is -0.960. The van der Waals surface area contributed by atoms with Gasteiger partial charge in [-0.1, -0.05) is 32.3 Å². The topological polar surface area (TPSA) is 12.0 Å². The van der Waals surface area contributed by atoms with Crippen molar-refractivity contribution in [2.24, 2.45) is 5.92 Å². The van der Waals surface area contributed by atoms with Crippen LogP contribution in [0.3, 0.4) is 0 Å². The Morgan fingerprint density at radius 2 is 2.00 bits per heavy atom. The molecular formula is C17H25F2N. The predicted octanol–water partition coefficient (Wildman–Crippen LogP) is 4.97. The monoisotopic (exact) mass is 281 g/mol. The highest BCUT2D eigenvalue weighted by Crippen LogP contribution is 2.27. The molecule has 0 heterocycles. The van der Waals surface area contributed by atoms with Crippen LogP contribution >= 0.6 is 0 Å². The third kappa shape index (κ3) is 4.02. The molecule has 0 bridgehead atoms. The molecule has 0 amide bonds. The van der Waals surface area contributed by atoms with E-state index in [1.807, 2.05) is 6.92 Å². The van der Waals surface area contributed by atoms with E-state index in [2.05, 4.69) is 12.2 Å². The lowest BCUT2D eigenvalue weighted by Gasteiger charge is -2.23. The highest BCUT2D eigenvalue weighted by molar-refractivity contribution is 5.21. The number of hydrogen-bond donors (Lipinski definition) is 1. The molecule has 1 aromatic carbocycles. The van der Waals surface area contributed by atoms with Crippen LogP contribution in [0.25, 0.3) is 0 Å². The van der Waals surface area contributed by atoms with E-state index >= 15 is 0 Å². The van der Waals surface area contributed by atoms with Crippen LogP contribution in [0.2, 0.25) is 0 Å². The van der Waals surface area contributed by atoms with Crippen LogP contribution in [0.5, 0.6) is 0 Å². The minimum Gasteiger partial charge on any atom is -0.307 e. The van der Waals surface area contributed by atoms with Crippen molar-refractivity contribution in [2.45, 2.75) is 64.5 Å². The summed E-state index contributed by atoms with van der Waals surface area (Å²) in [6.07, 6.45) is 7.39. The molecule has 0 radical (unpaired) electrons. The fraction of sp³-hybridized carbons (Fsp3) is 0.647. The molecule has 0 spiro atoms. The molecule has 3 unspecified atom stereocenters. The molecule has 1 nitrogen and oxygen atoms in total. The summed E-state index contributed by atoms with van der Waals surface area (Å²) < 4.78 is 26.7. The molecule has 1 fully saturated rings. The summed E-state index contributed by atoms with van der Waals surface area (Å²) in [5, 5.41) is 3.52. The van der Waals surface area contributed by atoms with Gasteiger partial charge in [0.15, 0.2) is 0 Å². The third-order valence-corrected chi connectivity index (χ3v) is 4.58. The molecule has 0 aromatic heterocycles. The van der Waals surface area contributed by atoms with E-state index < -0.39 is 11.6 Å². The fourth-order valence-corrected chi connectivity index (χ4v) is 3.25. The lowest BCUT2D eigenvalue weighted by atomic mass is 9.97. The van der Waals surface area contributed by atoms with E-state index in [0.29, 0.717) is 11.6 Å². The van der Waals surface area contributed by atoms with Gasteiger partial charge in [-0.15, -0.1) is 0 Å². The molecule has 2 rings (SSSR count). The van der Waals surface area contributed by atoms with Gasteiger partial charge in [0.2, 0.25) is 0 Å². The average molecular weight is 281 g/mol. The summed E-state index contributed by atoms with van der Waals surface area (Å²) in [5.74, 6) is -0.122. The van der Waals surface area contributed by atoms with Crippen LogP contribution in [-0.2, 0) is 0 Å². The maximum atomic E-state index is 13.8. The molecule has 0 aliphatic heterocycles. The van der Waals surface area contributed by atoms with E-state index in [-0.39, 0.29) is 6.04 Å². The Bertz CT molecular complexity index is 433. The van der Waals surface area contributed by atoms with Crippen LogP contribution in [0.1, 0.15) is 64.0 Å². The first-order valence-electron chi connectivity index (χ1n) is 7.81. The van der Waals surface area contributed by atoms with Crippen molar-refractivity contribution < 1.29 is 8.78 Å². The van der Waals surface area contributed by atoms with Crippen molar-refractivity contribution >= 4 is 0 Å². The lowest BCUT2D eigenvalue weighted by molar-refractivity contribution is 0.393. The lowest BCUT2D eigenvalue weighted by Crippen LogP contribution is -2.31. The van der Waals surface area contributed by atoms with Gasteiger partial charge in [-0.2, -0.15) is 0 Å². The Balaban J connectivity index is 1.95. The maximum absolute atomic E-state index is 13.8. The molecule has 3 heteroatoms. The second-order valence-corrected chi connectivity index (χ2v) is 6.03. The summed E-state index contributed by atoms with van der Waals surface area (Å²) >= 11 is 0. The first kappa shape index (κ1) is 15.4. The number of rotatable bonds is 4. The van der Waals surface area contributed by atoms with Crippen molar-refractivity contribution in [2.75, 3.05) is 0 Å². The van der Waals surface area contributed by atoms with Gasteiger partial charge in [-0.3, -0.25) is 0 Å². The molecule has 20 heavy (non-hydrogen) atoms. The zero-order valence-electron chi connectivity index (χ0n) is 12.5. The van der Waals surface area contributed by atoms with Crippen molar-refractivity contribution in [3.05, 3.63) is 35.4 Å². The Morgan fingerprint density at radius 1 is 1.20 bits per heavy atom. The van der Waals surface area contributed by atoms with Crippen LogP contribution in [0.4, 0.5) is 8.78 Å². The van der Waals surface area contributed by atoms with Crippen LogP contribution < -0.4 is 5.32 Å². The number of hydrogen-bond acceptors (Lipinski definition) is 1. The third-order valence-electron chi connectivity index (χ3n) is 4.58. The van der Waals surface area contributed by atoms with Gasteiger partial charge >= 0.3 is 0 Å².